The Hall–Kier alpha value is -2.54. The number of halogens is 2. The lowest BCUT2D eigenvalue weighted by Crippen LogP contribution is -2.01. The van der Waals surface area contributed by atoms with Crippen LogP contribution in [0.1, 0.15) is 49.4 Å². The predicted molar refractivity (Wildman–Crippen MR) is 122 cm³/mol. The molecule has 2 N–H and O–H groups in total. The van der Waals surface area contributed by atoms with E-state index in [1.165, 1.54) is 7.11 Å². The van der Waals surface area contributed by atoms with Crippen molar-refractivity contribution in [1.29, 1.82) is 5.41 Å². The van der Waals surface area contributed by atoms with Gasteiger partial charge < -0.3 is 15.3 Å². The van der Waals surface area contributed by atoms with Crippen LogP contribution in [0.5, 0.6) is 0 Å². The monoisotopic (exact) mass is 481 g/mol. The summed E-state index contributed by atoms with van der Waals surface area (Å²) in [6, 6.07) is 10.9. The van der Waals surface area contributed by atoms with Gasteiger partial charge in [-0.15, -0.1) is 0 Å². The molecule has 1 unspecified atom stereocenters. The maximum absolute atomic E-state index is 11.9. The lowest BCUT2D eigenvalue weighted by Gasteiger charge is -2.01. The second-order valence-corrected chi connectivity index (χ2v) is 7.50. The normalized spacial score (nSPS) is 10.5. The average molecular weight is 482 g/mol. The number of ether oxygens (including phenoxy) is 1. The minimum Gasteiger partial charge on any atom is -0.478 e. The predicted octanol–water partition coefficient (Wildman–Crippen LogP) is 5.85. The van der Waals surface area contributed by atoms with Crippen molar-refractivity contribution in [2.45, 2.75) is 40.3 Å². The van der Waals surface area contributed by atoms with Crippen molar-refractivity contribution in [3.05, 3.63) is 69.8 Å². The third kappa shape index (κ3) is 11.5. The molecule has 0 spiro atoms. The largest absolute Gasteiger partial charge is 0.478 e. The number of aryl methyl sites for hydroxylation is 4. The van der Waals surface area contributed by atoms with Gasteiger partial charge in [0.25, 0.3) is 0 Å². The Morgan fingerprint density at radius 1 is 1.00 bits per heavy atom. The van der Waals surface area contributed by atoms with Crippen LogP contribution in [-0.4, -0.2) is 41.9 Å². The molecule has 7 heteroatoms. The fraction of sp³-hybridized carbons (Fsp3) is 0.348. The Labute approximate surface area is 185 Å². The van der Waals surface area contributed by atoms with E-state index in [1.807, 2.05) is 52.0 Å². The van der Waals surface area contributed by atoms with E-state index in [1.54, 1.807) is 12.1 Å². The molecule has 30 heavy (non-hydrogen) atoms. The molecule has 0 fully saturated rings. The molecule has 5 nitrogen and oxygen atoms in total. The molecule has 0 saturated carbocycles. The highest BCUT2D eigenvalue weighted by atomic mass is 79.9. The third-order valence-corrected chi connectivity index (χ3v) is 4.13. The van der Waals surface area contributed by atoms with E-state index in [9.17, 15) is 14.0 Å². The lowest BCUT2D eigenvalue weighted by atomic mass is 10.1. The molecule has 0 radical (unpaired) electrons. The number of esters is 1. The van der Waals surface area contributed by atoms with E-state index in [0.717, 1.165) is 28.5 Å². The first kappa shape index (κ1) is 27.5. The van der Waals surface area contributed by atoms with Crippen molar-refractivity contribution < 1.29 is 23.8 Å². The van der Waals surface area contributed by atoms with Gasteiger partial charge in [-0.25, -0.2) is 14.0 Å². The molecule has 2 aromatic rings. The number of nitrogens with one attached hydrogen (secondary N) is 1. The summed E-state index contributed by atoms with van der Waals surface area (Å²) >= 11 is 3.05. The standard InChI is InChI=1S/C10H12O2.C9H10O2.C4H7BrFN/c1-7-4-8(2)6-9(5-7)10(11)12-3;1-6-3-7(2)5-8(4-6)9(10)11;5-2-1-4(6)3-7/h4-6H,1-3H3;3-5H,1-2H3,(H,10,11);3-4,7H,1-2H2. The summed E-state index contributed by atoms with van der Waals surface area (Å²) in [7, 11) is 1.39. The molecule has 164 valence electrons. The van der Waals surface area contributed by atoms with Crippen molar-refractivity contribution in [3.63, 3.8) is 0 Å². The first-order valence-corrected chi connectivity index (χ1v) is 10.3. The molecule has 0 aliphatic heterocycles. The Kier molecular flexibility index (Phi) is 13.2. The summed E-state index contributed by atoms with van der Waals surface area (Å²) in [5.41, 5.74) is 5.12. The van der Waals surface area contributed by atoms with Crippen LogP contribution in [0.25, 0.3) is 0 Å². The van der Waals surface area contributed by atoms with E-state index in [4.69, 9.17) is 10.5 Å². The summed E-state index contributed by atoms with van der Waals surface area (Å²) in [5.74, 6) is -1.14. The lowest BCUT2D eigenvalue weighted by molar-refractivity contribution is 0.0599. The molecule has 2 aromatic carbocycles. The Morgan fingerprint density at radius 3 is 1.67 bits per heavy atom. The first-order valence-electron chi connectivity index (χ1n) is 9.22. The summed E-state index contributed by atoms with van der Waals surface area (Å²) < 4.78 is 16.5. The molecule has 0 aliphatic carbocycles. The van der Waals surface area contributed by atoms with E-state index in [2.05, 4.69) is 20.7 Å². The molecular formula is C23H29BrFNO4. The fourth-order valence-electron chi connectivity index (χ4n) is 2.50. The van der Waals surface area contributed by atoms with Crippen LogP contribution in [0, 0.1) is 33.1 Å². The number of carbonyl (C=O) groups is 2. The molecule has 2 rings (SSSR count). The summed E-state index contributed by atoms with van der Waals surface area (Å²) in [4.78, 5) is 21.6. The third-order valence-electron chi connectivity index (χ3n) is 3.68. The number of methoxy groups -OCH3 is 1. The maximum Gasteiger partial charge on any atom is 0.337 e. The Bertz CT molecular complexity index is 815. The molecule has 1 atom stereocenters. The van der Waals surface area contributed by atoms with E-state index in [-0.39, 0.29) is 5.97 Å². The van der Waals surface area contributed by atoms with Gasteiger partial charge in [0.05, 0.1) is 18.2 Å². The summed E-state index contributed by atoms with van der Waals surface area (Å²) in [5, 5.41) is 15.7. The van der Waals surface area contributed by atoms with Crippen molar-refractivity contribution >= 4 is 34.1 Å². The van der Waals surface area contributed by atoms with Crippen molar-refractivity contribution in [2.75, 3.05) is 12.4 Å². The van der Waals surface area contributed by atoms with Gasteiger partial charge in [0.1, 0.15) is 6.17 Å². The Balaban J connectivity index is 0.000000437. The SMILES string of the molecule is COC(=O)c1cc(C)cc(C)c1.Cc1cc(C)cc(C(=O)O)c1.N=CC(F)CCBr. The fourth-order valence-corrected chi connectivity index (χ4v) is 2.93. The molecule has 0 aromatic heterocycles. The van der Waals surface area contributed by atoms with Gasteiger partial charge in [0.15, 0.2) is 0 Å². The van der Waals surface area contributed by atoms with E-state index in [0.29, 0.717) is 22.9 Å². The summed E-state index contributed by atoms with van der Waals surface area (Å²) in [6.45, 7) is 7.69. The zero-order valence-corrected chi connectivity index (χ0v) is 19.5. The first-order chi connectivity index (χ1) is 14.0. The average Bonchev–Trinajstić information content (AvgIpc) is 2.67. The Morgan fingerprint density at radius 2 is 1.40 bits per heavy atom. The minimum absolute atomic E-state index is 0.276. The van der Waals surface area contributed by atoms with Gasteiger partial charge in [0, 0.05) is 11.5 Å². The number of benzene rings is 2. The van der Waals surface area contributed by atoms with Crippen LogP contribution >= 0.6 is 15.9 Å². The van der Waals surface area contributed by atoms with Gasteiger partial charge in [-0.05, 0) is 58.4 Å². The zero-order chi connectivity index (χ0) is 23.3. The van der Waals surface area contributed by atoms with Gasteiger partial charge in [-0.1, -0.05) is 50.3 Å². The van der Waals surface area contributed by atoms with Crippen LogP contribution in [0.15, 0.2) is 36.4 Å². The smallest absolute Gasteiger partial charge is 0.337 e. The number of alkyl halides is 2. The second-order valence-electron chi connectivity index (χ2n) is 6.71. The van der Waals surface area contributed by atoms with Gasteiger partial charge >= 0.3 is 11.9 Å². The number of rotatable bonds is 5. The molecule has 0 aliphatic rings. The van der Waals surface area contributed by atoms with Gasteiger partial charge in [-0.3, -0.25) is 0 Å². The second kappa shape index (κ2) is 14.4. The number of carbonyl (C=O) groups excluding carboxylic acids is 1. The van der Waals surface area contributed by atoms with Crippen LogP contribution in [0.4, 0.5) is 4.39 Å². The van der Waals surface area contributed by atoms with Crippen LogP contribution in [0.2, 0.25) is 0 Å². The number of aromatic carboxylic acids is 1. The molecule has 0 bridgehead atoms. The molecular weight excluding hydrogens is 453 g/mol. The number of hydrogen-bond donors (Lipinski definition) is 2. The topological polar surface area (TPSA) is 87.5 Å². The number of carboxylic acids is 1. The molecule has 0 heterocycles. The summed E-state index contributed by atoms with van der Waals surface area (Å²) in [6.07, 6.45) is 0.157. The molecule has 0 amide bonds. The van der Waals surface area contributed by atoms with Crippen molar-refractivity contribution in [3.8, 4) is 0 Å². The van der Waals surface area contributed by atoms with E-state index >= 15 is 0 Å². The van der Waals surface area contributed by atoms with Gasteiger partial charge in [0.2, 0.25) is 0 Å². The number of hydrogen-bond acceptors (Lipinski definition) is 4. The van der Waals surface area contributed by atoms with Crippen molar-refractivity contribution in [2.24, 2.45) is 0 Å². The van der Waals surface area contributed by atoms with Crippen LogP contribution in [-0.2, 0) is 4.74 Å². The highest BCUT2D eigenvalue weighted by molar-refractivity contribution is 9.09. The van der Waals surface area contributed by atoms with E-state index < -0.39 is 12.1 Å². The zero-order valence-electron chi connectivity index (χ0n) is 18.0. The van der Waals surface area contributed by atoms with Crippen LogP contribution < -0.4 is 0 Å². The van der Waals surface area contributed by atoms with Gasteiger partial charge in [-0.2, -0.15) is 0 Å². The minimum atomic E-state index is -1.06. The maximum atomic E-state index is 11.9. The highest BCUT2D eigenvalue weighted by Gasteiger charge is 2.05. The highest BCUT2D eigenvalue weighted by Crippen LogP contribution is 2.09. The molecule has 0 saturated heterocycles. The van der Waals surface area contributed by atoms with Crippen molar-refractivity contribution in [1.82, 2.24) is 0 Å². The van der Waals surface area contributed by atoms with Crippen LogP contribution in [0.3, 0.4) is 0 Å². The quantitative estimate of drug-likeness (QED) is 0.318. The number of carboxylic acid groups (broad SMARTS) is 1.